The lowest BCUT2D eigenvalue weighted by Crippen LogP contribution is -2.46. The number of nitrogens with one attached hydrogen (secondary N) is 2. The van der Waals surface area contributed by atoms with E-state index in [1.54, 1.807) is 28.9 Å². The van der Waals surface area contributed by atoms with Gasteiger partial charge in [-0.2, -0.15) is 0 Å². The van der Waals surface area contributed by atoms with Gasteiger partial charge in [0.15, 0.2) is 0 Å². The minimum atomic E-state index is -4.34. The van der Waals surface area contributed by atoms with Gasteiger partial charge in [0.2, 0.25) is 0 Å². The van der Waals surface area contributed by atoms with E-state index in [0.717, 1.165) is 75.3 Å². The maximum Gasteiger partial charge on any atom is 0.293 e. The molecule has 2 N–H and O–H groups in total. The van der Waals surface area contributed by atoms with Gasteiger partial charge in [0.25, 0.3) is 21.6 Å². The third kappa shape index (κ3) is 6.08. The van der Waals surface area contributed by atoms with Gasteiger partial charge in [-0.1, -0.05) is 30.9 Å². The first kappa shape index (κ1) is 31.9. The SMILES string of the molecule is CCN(c1ccc(C(=O)NS(=O)(=O)c2ccc(NCC3CCCCC3)c([N+](=O)[O-])c2)cc1)C1CC(C)N(CC2=C3C4CC=C2C3C4)C1. The highest BCUT2D eigenvalue weighted by Gasteiger charge is 2.51. The summed E-state index contributed by atoms with van der Waals surface area (Å²) in [6.07, 6.45) is 11.8. The van der Waals surface area contributed by atoms with E-state index in [1.165, 1.54) is 31.4 Å². The number of carbonyl (C=O) groups excluding carboxylic acids is 1. The van der Waals surface area contributed by atoms with Crippen LogP contribution >= 0.6 is 0 Å². The van der Waals surface area contributed by atoms with Gasteiger partial charge >= 0.3 is 0 Å². The molecule has 3 fully saturated rings. The molecule has 2 aromatic carbocycles. The van der Waals surface area contributed by atoms with Crippen LogP contribution in [0.25, 0.3) is 0 Å². The van der Waals surface area contributed by atoms with Crippen LogP contribution in [0.3, 0.4) is 0 Å². The molecular formula is C36H45N5O5S. The molecule has 4 atom stereocenters. The fraction of sp³-hybridized carbons (Fsp3) is 0.528. The summed E-state index contributed by atoms with van der Waals surface area (Å²) in [7, 11) is -4.34. The molecule has 1 amide bonds. The first-order valence-corrected chi connectivity index (χ1v) is 18.7. The van der Waals surface area contributed by atoms with Crippen molar-refractivity contribution < 1.29 is 18.1 Å². The number of nitro benzene ring substituents is 1. The van der Waals surface area contributed by atoms with Crippen molar-refractivity contribution in [1.82, 2.24) is 9.62 Å². The van der Waals surface area contributed by atoms with Crippen LogP contribution in [0.15, 0.2) is 70.2 Å². The third-order valence-electron chi connectivity index (χ3n) is 11.3. The number of nitro groups is 1. The van der Waals surface area contributed by atoms with Gasteiger partial charge in [-0.05, 0) is 105 Å². The normalized spacial score (nSPS) is 25.4. The van der Waals surface area contributed by atoms with Crippen LogP contribution in [0.2, 0.25) is 0 Å². The number of nitrogens with zero attached hydrogens (tertiary/aromatic N) is 3. The predicted octanol–water partition coefficient (Wildman–Crippen LogP) is 6.27. The molecule has 0 radical (unpaired) electrons. The Morgan fingerprint density at radius 3 is 2.49 bits per heavy atom. The molecule has 11 heteroatoms. The second-order valence-corrected chi connectivity index (χ2v) is 15.8. The monoisotopic (exact) mass is 659 g/mol. The smallest absolute Gasteiger partial charge is 0.293 e. The van der Waals surface area contributed by atoms with Gasteiger partial charge in [0, 0.05) is 61.5 Å². The summed E-state index contributed by atoms with van der Waals surface area (Å²) in [6, 6.07) is 11.6. The molecule has 1 heterocycles. The molecule has 4 unspecified atom stereocenters. The molecule has 1 saturated heterocycles. The Hall–Kier alpha value is -3.70. The number of rotatable bonds is 12. The van der Waals surface area contributed by atoms with Crippen molar-refractivity contribution >= 4 is 33.0 Å². The van der Waals surface area contributed by atoms with Gasteiger partial charge in [-0.15, -0.1) is 0 Å². The summed E-state index contributed by atoms with van der Waals surface area (Å²) >= 11 is 0. The summed E-state index contributed by atoms with van der Waals surface area (Å²) in [4.78, 5) is 29.0. The largest absolute Gasteiger partial charge is 0.379 e. The Morgan fingerprint density at radius 2 is 1.85 bits per heavy atom. The lowest BCUT2D eigenvalue weighted by Gasteiger charge is -2.55. The number of benzene rings is 2. The van der Waals surface area contributed by atoms with Crippen LogP contribution in [0.1, 0.15) is 75.6 Å². The van der Waals surface area contributed by atoms with Crippen molar-refractivity contribution in [2.75, 3.05) is 36.4 Å². The molecule has 2 saturated carbocycles. The number of hydrogen-bond acceptors (Lipinski definition) is 8. The maximum atomic E-state index is 13.2. The van der Waals surface area contributed by atoms with Crippen LogP contribution in [0.4, 0.5) is 17.1 Å². The molecule has 0 spiro atoms. The van der Waals surface area contributed by atoms with E-state index in [0.29, 0.717) is 24.5 Å². The van der Waals surface area contributed by atoms with Crippen molar-refractivity contribution in [3.8, 4) is 0 Å². The van der Waals surface area contributed by atoms with Crippen LogP contribution in [0.5, 0.6) is 0 Å². The second kappa shape index (κ2) is 12.7. The molecule has 47 heavy (non-hydrogen) atoms. The highest BCUT2D eigenvalue weighted by molar-refractivity contribution is 7.90. The standard InChI is InChI=1S/C36H45N5O5S/c1-3-40(28-17-23(2)39(21-28)22-32-30-15-11-26-18-31(30)35(26)32)27-12-9-25(10-13-27)36(42)38-47(45,46)29-14-16-33(34(19-29)41(43)44)37-20-24-7-5-4-6-8-24/h9-10,12-16,19,23-24,26,28,31,37H,3-8,11,17-18,20-22H2,1-2H3,(H,38,42). The fourth-order valence-corrected chi connectivity index (χ4v) is 9.68. The molecule has 5 aliphatic carbocycles. The lowest BCUT2D eigenvalue weighted by molar-refractivity contribution is -0.384. The molecule has 10 nitrogen and oxygen atoms in total. The summed E-state index contributed by atoms with van der Waals surface area (Å²) < 4.78 is 28.4. The first-order chi connectivity index (χ1) is 22.6. The summed E-state index contributed by atoms with van der Waals surface area (Å²) in [5, 5.41) is 15.0. The summed E-state index contributed by atoms with van der Waals surface area (Å²) in [5.41, 5.74) is 6.09. The predicted molar refractivity (Wildman–Crippen MR) is 183 cm³/mol. The van der Waals surface area contributed by atoms with E-state index in [1.807, 2.05) is 12.1 Å². The zero-order valence-electron chi connectivity index (χ0n) is 27.3. The van der Waals surface area contributed by atoms with E-state index < -0.39 is 20.9 Å². The third-order valence-corrected chi connectivity index (χ3v) is 12.7. The number of sulfonamides is 1. The van der Waals surface area contributed by atoms with E-state index in [-0.39, 0.29) is 21.8 Å². The van der Waals surface area contributed by atoms with Gasteiger partial charge in [-0.25, -0.2) is 13.1 Å². The zero-order valence-corrected chi connectivity index (χ0v) is 28.1. The number of likely N-dealkylation sites (tertiary alicyclic amines) is 1. The average Bonchev–Trinajstić information content (AvgIpc) is 3.43. The average molecular weight is 660 g/mol. The quantitative estimate of drug-likeness (QED) is 0.202. The van der Waals surface area contributed by atoms with Gasteiger partial charge in [-0.3, -0.25) is 19.8 Å². The number of hydrogen-bond donors (Lipinski definition) is 2. The molecule has 1 aliphatic heterocycles. The van der Waals surface area contributed by atoms with Crippen molar-refractivity contribution in [2.45, 2.75) is 82.2 Å². The molecule has 6 aliphatic rings. The number of likely N-dealkylation sites (N-methyl/N-ethyl adjacent to an activating group) is 1. The molecule has 2 aromatic rings. The minimum absolute atomic E-state index is 0.201. The minimum Gasteiger partial charge on any atom is -0.379 e. The summed E-state index contributed by atoms with van der Waals surface area (Å²) in [5.74, 6) is 1.23. The van der Waals surface area contributed by atoms with Gasteiger partial charge < -0.3 is 10.2 Å². The Kier molecular flexibility index (Phi) is 8.63. The molecule has 250 valence electrons. The topological polar surface area (TPSA) is 125 Å². The van der Waals surface area contributed by atoms with Crippen molar-refractivity contribution in [1.29, 1.82) is 0 Å². The maximum absolute atomic E-state index is 13.2. The van der Waals surface area contributed by atoms with Crippen molar-refractivity contribution in [3.63, 3.8) is 0 Å². The number of amides is 1. The lowest BCUT2D eigenvalue weighted by atomic mass is 9.50. The van der Waals surface area contributed by atoms with Crippen LogP contribution in [-0.2, 0) is 10.0 Å². The van der Waals surface area contributed by atoms with Crippen LogP contribution in [-0.4, -0.2) is 62.4 Å². The van der Waals surface area contributed by atoms with Gasteiger partial charge in [0.05, 0.1) is 9.82 Å². The first-order valence-electron chi connectivity index (χ1n) is 17.3. The molecule has 8 rings (SSSR count). The number of fused-ring (bicyclic) bond motifs is 1. The molecule has 4 bridgehead atoms. The summed E-state index contributed by atoms with van der Waals surface area (Å²) in [6.45, 7) is 7.89. The highest BCUT2D eigenvalue weighted by atomic mass is 32.2. The van der Waals surface area contributed by atoms with E-state index in [4.69, 9.17) is 0 Å². The fourth-order valence-electron chi connectivity index (χ4n) is 8.69. The Balaban J connectivity index is 0.981. The number of anilines is 2. The van der Waals surface area contributed by atoms with Crippen LogP contribution < -0.4 is 14.9 Å². The van der Waals surface area contributed by atoms with Crippen molar-refractivity contribution in [2.24, 2.45) is 17.8 Å². The Bertz CT molecular complexity index is 1730. The Morgan fingerprint density at radius 1 is 1.09 bits per heavy atom. The Labute approximate surface area is 277 Å². The van der Waals surface area contributed by atoms with Crippen LogP contribution in [0, 0.1) is 27.9 Å². The van der Waals surface area contributed by atoms with E-state index in [9.17, 15) is 23.3 Å². The molecule has 0 aromatic heterocycles. The van der Waals surface area contributed by atoms with Gasteiger partial charge in [0.1, 0.15) is 5.69 Å². The zero-order chi connectivity index (χ0) is 32.9. The van der Waals surface area contributed by atoms with E-state index >= 15 is 0 Å². The van der Waals surface area contributed by atoms with E-state index in [2.05, 4.69) is 39.8 Å². The number of carbonyl (C=O) groups is 1. The second-order valence-electron chi connectivity index (χ2n) is 14.1. The van der Waals surface area contributed by atoms with Crippen molar-refractivity contribution in [3.05, 3.63) is 80.9 Å². The number of allylic oxidation sites excluding steroid dienone is 2. The molecular weight excluding hydrogens is 614 g/mol. The highest BCUT2D eigenvalue weighted by Crippen LogP contribution is 2.62.